The highest BCUT2D eigenvalue weighted by molar-refractivity contribution is 5.95. The summed E-state index contributed by atoms with van der Waals surface area (Å²) in [6.07, 6.45) is 9.80. The quantitative estimate of drug-likeness (QED) is 0.377. The summed E-state index contributed by atoms with van der Waals surface area (Å²) < 4.78 is 5.36. The van der Waals surface area contributed by atoms with Gasteiger partial charge >= 0.3 is 0 Å². The van der Waals surface area contributed by atoms with Crippen LogP contribution in [0.4, 0.5) is 5.69 Å². The minimum atomic E-state index is -0.381. The summed E-state index contributed by atoms with van der Waals surface area (Å²) >= 11 is 0. The lowest BCUT2D eigenvalue weighted by Gasteiger charge is -2.21. The molecule has 0 bridgehead atoms. The number of carbonyl (C=O) groups is 3. The van der Waals surface area contributed by atoms with E-state index in [1.54, 1.807) is 24.5 Å². The molecule has 2 rings (SSSR count). The number of rotatable bonds is 15. The number of nitrogens with zero attached hydrogens (tertiary/aromatic N) is 1. The lowest BCUT2D eigenvalue weighted by atomic mass is 10.1. The van der Waals surface area contributed by atoms with Crippen molar-refractivity contribution >= 4 is 23.4 Å². The highest BCUT2D eigenvalue weighted by Gasteiger charge is 2.19. The van der Waals surface area contributed by atoms with Crippen molar-refractivity contribution in [3.8, 4) is 0 Å². The van der Waals surface area contributed by atoms with Gasteiger partial charge in [-0.1, -0.05) is 57.6 Å². The molecular formula is C26H37N3O4. The Bertz CT molecular complexity index is 864. The van der Waals surface area contributed by atoms with Gasteiger partial charge in [-0.3, -0.25) is 14.4 Å². The molecule has 0 aliphatic carbocycles. The average molecular weight is 456 g/mol. The van der Waals surface area contributed by atoms with Gasteiger partial charge in [0.15, 0.2) is 0 Å². The molecule has 0 aliphatic heterocycles. The maximum absolute atomic E-state index is 12.8. The van der Waals surface area contributed by atoms with Gasteiger partial charge in [0.05, 0.1) is 19.4 Å². The number of amides is 3. The molecule has 0 saturated carbocycles. The Morgan fingerprint density at radius 2 is 1.70 bits per heavy atom. The van der Waals surface area contributed by atoms with Crippen molar-refractivity contribution < 1.29 is 18.8 Å². The Morgan fingerprint density at radius 3 is 2.39 bits per heavy atom. The standard InChI is InChI=1S/C26H37N3O4/c1-3-4-5-6-7-8-9-15-26(32)29(19-23-14-11-16-33-23)20-25(31)27-18-24(30)28-22-13-10-12-21(2)17-22/h10-14,16-17H,3-9,15,18-20H2,1-2H3,(H,27,31)(H,28,30). The van der Waals surface area contributed by atoms with E-state index in [0.29, 0.717) is 17.9 Å². The number of hydrogen-bond acceptors (Lipinski definition) is 4. The topological polar surface area (TPSA) is 91.7 Å². The van der Waals surface area contributed by atoms with E-state index in [1.807, 2.05) is 25.1 Å². The third-order valence-electron chi connectivity index (χ3n) is 5.36. The molecule has 7 nitrogen and oxygen atoms in total. The molecule has 7 heteroatoms. The van der Waals surface area contributed by atoms with E-state index in [1.165, 1.54) is 30.6 Å². The number of anilines is 1. The van der Waals surface area contributed by atoms with Crippen molar-refractivity contribution in [2.24, 2.45) is 0 Å². The Morgan fingerprint density at radius 1 is 0.939 bits per heavy atom. The monoisotopic (exact) mass is 455 g/mol. The first kappa shape index (κ1) is 26.2. The molecule has 0 saturated heterocycles. The van der Waals surface area contributed by atoms with E-state index >= 15 is 0 Å². The third kappa shape index (κ3) is 10.9. The summed E-state index contributed by atoms with van der Waals surface area (Å²) in [4.78, 5) is 38.9. The molecular weight excluding hydrogens is 418 g/mol. The van der Waals surface area contributed by atoms with Crippen molar-refractivity contribution in [3.63, 3.8) is 0 Å². The zero-order valence-corrected chi connectivity index (χ0v) is 19.9. The Labute approximate surface area is 196 Å². The smallest absolute Gasteiger partial charge is 0.243 e. The fourth-order valence-corrected chi connectivity index (χ4v) is 3.55. The molecule has 33 heavy (non-hydrogen) atoms. The molecule has 1 heterocycles. The molecule has 0 radical (unpaired) electrons. The minimum Gasteiger partial charge on any atom is -0.467 e. The van der Waals surface area contributed by atoms with Crippen LogP contribution in [-0.4, -0.2) is 35.7 Å². The van der Waals surface area contributed by atoms with E-state index in [-0.39, 0.29) is 37.4 Å². The minimum absolute atomic E-state index is 0.0840. The average Bonchev–Trinajstić information content (AvgIpc) is 3.30. The number of benzene rings is 1. The second kappa shape index (κ2) is 14.9. The molecule has 2 aromatic rings. The number of aryl methyl sites for hydroxylation is 1. The highest BCUT2D eigenvalue weighted by atomic mass is 16.3. The van der Waals surface area contributed by atoms with Crippen LogP contribution in [0.3, 0.4) is 0 Å². The van der Waals surface area contributed by atoms with Crippen LogP contribution >= 0.6 is 0 Å². The van der Waals surface area contributed by atoms with Gasteiger partial charge in [-0.25, -0.2) is 0 Å². The number of nitrogens with one attached hydrogen (secondary N) is 2. The molecule has 0 atom stereocenters. The first-order chi connectivity index (χ1) is 16.0. The molecule has 0 fully saturated rings. The van der Waals surface area contributed by atoms with Gasteiger partial charge in [0.2, 0.25) is 17.7 Å². The summed E-state index contributed by atoms with van der Waals surface area (Å²) in [5.41, 5.74) is 1.71. The zero-order chi connectivity index (χ0) is 23.9. The lowest BCUT2D eigenvalue weighted by molar-refractivity contribution is -0.137. The number of unbranched alkanes of at least 4 members (excludes halogenated alkanes) is 6. The largest absolute Gasteiger partial charge is 0.467 e. The Balaban J connectivity index is 1.79. The van der Waals surface area contributed by atoms with Crippen molar-refractivity contribution in [1.29, 1.82) is 0 Å². The normalized spacial score (nSPS) is 10.6. The molecule has 0 aliphatic rings. The van der Waals surface area contributed by atoms with E-state index in [2.05, 4.69) is 17.6 Å². The van der Waals surface area contributed by atoms with Crippen LogP contribution in [-0.2, 0) is 20.9 Å². The van der Waals surface area contributed by atoms with Crippen LogP contribution < -0.4 is 10.6 Å². The van der Waals surface area contributed by atoms with Crippen LogP contribution in [0.25, 0.3) is 0 Å². The molecule has 0 spiro atoms. The molecule has 180 valence electrons. The maximum Gasteiger partial charge on any atom is 0.243 e. The number of carbonyl (C=O) groups excluding carboxylic acids is 3. The highest BCUT2D eigenvalue weighted by Crippen LogP contribution is 2.12. The molecule has 1 aromatic carbocycles. The lowest BCUT2D eigenvalue weighted by Crippen LogP contribution is -2.42. The second-order valence-electron chi connectivity index (χ2n) is 8.39. The van der Waals surface area contributed by atoms with Crippen LogP contribution in [0, 0.1) is 6.92 Å². The van der Waals surface area contributed by atoms with E-state index < -0.39 is 0 Å². The SMILES string of the molecule is CCCCCCCCCC(=O)N(CC(=O)NCC(=O)Nc1cccc(C)c1)Cc1ccco1. The van der Waals surface area contributed by atoms with Gasteiger partial charge in [-0.15, -0.1) is 0 Å². The van der Waals surface area contributed by atoms with Crippen LogP contribution in [0.2, 0.25) is 0 Å². The Hall–Kier alpha value is -3.09. The fraction of sp³-hybridized carbons (Fsp3) is 0.500. The van der Waals surface area contributed by atoms with Crippen molar-refractivity contribution in [1.82, 2.24) is 10.2 Å². The van der Waals surface area contributed by atoms with E-state index in [4.69, 9.17) is 4.42 Å². The molecule has 2 N–H and O–H groups in total. The van der Waals surface area contributed by atoms with Crippen LogP contribution in [0.15, 0.2) is 47.1 Å². The first-order valence-corrected chi connectivity index (χ1v) is 11.9. The van der Waals surface area contributed by atoms with Crippen molar-refractivity contribution in [2.45, 2.75) is 71.8 Å². The van der Waals surface area contributed by atoms with Crippen molar-refractivity contribution in [3.05, 3.63) is 54.0 Å². The van der Waals surface area contributed by atoms with E-state index in [0.717, 1.165) is 24.8 Å². The summed E-state index contributed by atoms with van der Waals surface area (Å²) in [5, 5.41) is 5.36. The zero-order valence-electron chi connectivity index (χ0n) is 19.9. The van der Waals surface area contributed by atoms with Gasteiger partial charge in [-0.2, -0.15) is 0 Å². The van der Waals surface area contributed by atoms with Gasteiger partial charge in [0, 0.05) is 12.1 Å². The van der Waals surface area contributed by atoms with Gasteiger partial charge in [-0.05, 0) is 43.2 Å². The van der Waals surface area contributed by atoms with Gasteiger partial charge in [0.25, 0.3) is 0 Å². The van der Waals surface area contributed by atoms with Gasteiger partial charge < -0.3 is 20.0 Å². The maximum atomic E-state index is 12.8. The molecule has 3 amide bonds. The first-order valence-electron chi connectivity index (χ1n) is 11.9. The fourth-order valence-electron chi connectivity index (χ4n) is 3.55. The second-order valence-corrected chi connectivity index (χ2v) is 8.39. The number of hydrogen-bond donors (Lipinski definition) is 2. The van der Waals surface area contributed by atoms with E-state index in [9.17, 15) is 14.4 Å². The molecule has 0 unspecified atom stereocenters. The summed E-state index contributed by atoms with van der Waals surface area (Å²) in [5.74, 6) is -0.165. The van der Waals surface area contributed by atoms with Crippen LogP contribution in [0.5, 0.6) is 0 Å². The molecule has 1 aromatic heterocycles. The van der Waals surface area contributed by atoms with Gasteiger partial charge in [0.1, 0.15) is 12.3 Å². The third-order valence-corrected chi connectivity index (χ3v) is 5.36. The predicted molar refractivity (Wildman–Crippen MR) is 130 cm³/mol. The van der Waals surface area contributed by atoms with Crippen molar-refractivity contribution in [2.75, 3.05) is 18.4 Å². The Kier molecular flexibility index (Phi) is 11.8. The summed E-state index contributed by atoms with van der Waals surface area (Å²) in [7, 11) is 0. The predicted octanol–water partition coefficient (Wildman–Crippen LogP) is 4.81. The number of furan rings is 1. The summed E-state index contributed by atoms with van der Waals surface area (Å²) in [6.45, 7) is 4.08. The summed E-state index contributed by atoms with van der Waals surface area (Å²) in [6, 6.07) is 11.0. The van der Waals surface area contributed by atoms with Crippen LogP contribution in [0.1, 0.15) is 69.6 Å².